The molecule has 0 aliphatic carbocycles. The van der Waals surface area contributed by atoms with Gasteiger partial charge in [0, 0.05) is 18.3 Å². The molecule has 0 aromatic heterocycles. The van der Waals surface area contributed by atoms with Crippen molar-refractivity contribution in [2.45, 2.75) is 39.3 Å². The molecule has 0 fully saturated rings. The molecular weight excluding hydrogens is 240 g/mol. The van der Waals surface area contributed by atoms with Crippen molar-refractivity contribution in [3.8, 4) is 0 Å². The normalized spacial score (nSPS) is 12.4. The molecule has 1 aromatic rings. The minimum absolute atomic E-state index is 0.108. The highest BCUT2D eigenvalue weighted by Gasteiger charge is 2.12. The van der Waals surface area contributed by atoms with Crippen molar-refractivity contribution in [1.29, 1.82) is 0 Å². The largest absolute Gasteiger partial charge is 0.369 e. The van der Waals surface area contributed by atoms with Gasteiger partial charge in [-0.15, -0.1) is 0 Å². The quantitative estimate of drug-likeness (QED) is 0.709. The van der Waals surface area contributed by atoms with E-state index in [0.717, 1.165) is 18.7 Å². The average Bonchev–Trinajstić information content (AvgIpc) is 2.38. The second-order valence-corrected chi connectivity index (χ2v) is 4.83. The van der Waals surface area contributed by atoms with Crippen LogP contribution in [0.5, 0.6) is 0 Å². The van der Waals surface area contributed by atoms with Gasteiger partial charge in [-0.3, -0.25) is 4.79 Å². The highest BCUT2D eigenvalue weighted by Crippen LogP contribution is 2.06. The molecule has 2 N–H and O–H groups in total. The van der Waals surface area contributed by atoms with E-state index in [2.05, 4.69) is 24.5 Å². The van der Waals surface area contributed by atoms with Crippen LogP contribution in [0.4, 0.5) is 5.69 Å². The Morgan fingerprint density at radius 3 is 2.53 bits per heavy atom. The number of anilines is 1. The van der Waals surface area contributed by atoms with Gasteiger partial charge >= 0.3 is 0 Å². The smallest absolute Gasteiger partial charge is 0.253 e. The van der Waals surface area contributed by atoms with Crippen LogP contribution in [0.15, 0.2) is 30.3 Å². The molecule has 19 heavy (non-hydrogen) atoms. The first-order chi connectivity index (χ1) is 9.09. The SMILES string of the molecule is CC(C)NCCCOC(C)C(=O)Nc1ccccc1. The van der Waals surface area contributed by atoms with Crippen molar-refractivity contribution in [2.75, 3.05) is 18.5 Å². The summed E-state index contributed by atoms with van der Waals surface area (Å²) in [6.45, 7) is 7.48. The molecule has 0 saturated carbocycles. The van der Waals surface area contributed by atoms with Crippen molar-refractivity contribution < 1.29 is 9.53 Å². The number of para-hydroxylation sites is 1. The van der Waals surface area contributed by atoms with E-state index in [4.69, 9.17) is 4.74 Å². The monoisotopic (exact) mass is 264 g/mol. The van der Waals surface area contributed by atoms with Crippen molar-refractivity contribution in [1.82, 2.24) is 5.32 Å². The Morgan fingerprint density at radius 2 is 1.89 bits per heavy atom. The molecule has 106 valence electrons. The summed E-state index contributed by atoms with van der Waals surface area (Å²) < 4.78 is 5.51. The van der Waals surface area contributed by atoms with E-state index in [1.807, 2.05) is 30.3 Å². The van der Waals surface area contributed by atoms with Crippen LogP contribution in [0.3, 0.4) is 0 Å². The van der Waals surface area contributed by atoms with E-state index >= 15 is 0 Å². The van der Waals surface area contributed by atoms with Gasteiger partial charge in [0.25, 0.3) is 5.91 Å². The zero-order chi connectivity index (χ0) is 14.1. The van der Waals surface area contributed by atoms with Crippen LogP contribution < -0.4 is 10.6 Å². The minimum atomic E-state index is -0.431. The lowest BCUT2D eigenvalue weighted by atomic mass is 10.3. The van der Waals surface area contributed by atoms with Gasteiger partial charge in [0.1, 0.15) is 6.10 Å². The highest BCUT2D eigenvalue weighted by atomic mass is 16.5. The molecule has 0 bridgehead atoms. The average molecular weight is 264 g/mol. The first-order valence-corrected chi connectivity index (χ1v) is 6.80. The second kappa shape index (κ2) is 8.67. The Kier molecular flexibility index (Phi) is 7.15. The maximum atomic E-state index is 11.8. The molecule has 1 unspecified atom stereocenters. The van der Waals surface area contributed by atoms with Crippen molar-refractivity contribution >= 4 is 11.6 Å². The molecule has 0 radical (unpaired) electrons. The molecule has 0 aliphatic heterocycles. The summed E-state index contributed by atoms with van der Waals surface area (Å²) in [6.07, 6.45) is 0.473. The number of amides is 1. The Balaban J connectivity index is 2.18. The van der Waals surface area contributed by atoms with Crippen LogP contribution in [0.25, 0.3) is 0 Å². The number of hydrogen-bond donors (Lipinski definition) is 2. The van der Waals surface area contributed by atoms with Crippen LogP contribution in [-0.4, -0.2) is 31.2 Å². The molecular formula is C15H24N2O2. The number of nitrogens with one attached hydrogen (secondary N) is 2. The first-order valence-electron chi connectivity index (χ1n) is 6.80. The molecule has 4 nitrogen and oxygen atoms in total. The maximum Gasteiger partial charge on any atom is 0.253 e. The fourth-order valence-corrected chi connectivity index (χ4v) is 1.56. The Labute approximate surface area is 115 Å². The van der Waals surface area contributed by atoms with Gasteiger partial charge in [0.15, 0.2) is 0 Å². The van der Waals surface area contributed by atoms with Gasteiger partial charge in [-0.1, -0.05) is 32.0 Å². The predicted octanol–water partition coefficient (Wildman–Crippen LogP) is 2.42. The van der Waals surface area contributed by atoms with Gasteiger partial charge in [-0.25, -0.2) is 0 Å². The third kappa shape index (κ3) is 6.94. The van der Waals surface area contributed by atoms with Crippen LogP contribution >= 0.6 is 0 Å². The molecule has 0 saturated heterocycles. The number of hydrogen-bond acceptors (Lipinski definition) is 3. The highest BCUT2D eigenvalue weighted by molar-refractivity contribution is 5.93. The third-order valence-corrected chi connectivity index (χ3v) is 2.65. The van der Waals surface area contributed by atoms with Crippen LogP contribution in [0.2, 0.25) is 0 Å². The molecule has 1 atom stereocenters. The molecule has 0 heterocycles. The van der Waals surface area contributed by atoms with Crippen LogP contribution in [-0.2, 0) is 9.53 Å². The van der Waals surface area contributed by atoms with Gasteiger partial charge < -0.3 is 15.4 Å². The van der Waals surface area contributed by atoms with E-state index < -0.39 is 6.10 Å². The predicted molar refractivity (Wildman–Crippen MR) is 78.2 cm³/mol. The molecule has 1 amide bonds. The van der Waals surface area contributed by atoms with E-state index in [1.165, 1.54) is 0 Å². The van der Waals surface area contributed by atoms with Crippen LogP contribution in [0.1, 0.15) is 27.2 Å². The van der Waals surface area contributed by atoms with Crippen molar-refractivity contribution in [3.05, 3.63) is 30.3 Å². The summed E-state index contributed by atoms with van der Waals surface area (Å²) in [4.78, 5) is 11.8. The van der Waals surface area contributed by atoms with E-state index in [0.29, 0.717) is 12.6 Å². The van der Waals surface area contributed by atoms with E-state index in [9.17, 15) is 4.79 Å². The Morgan fingerprint density at radius 1 is 1.21 bits per heavy atom. The van der Waals surface area contributed by atoms with E-state index in [1.54, 1.807) is 6.92 Å². The Bertz CT molecular complexity index is 366. The van der Waals surface area contributed by atoms with Gasteiger partial charge in [0.2, 0.25) is 0 Å². The number of carbonyl (C=O) groups excluding carboxylic acids is 1. The number of ether oxygens (including phenoxy) is 1. The summed E-state index contributed by atoms with van der Waals surface area (Å²) in [5.74, 6) is -0.108. The molecule has 1 rings (SSSR count). The van der Waals surface area contributed by atoms with Crippen molar-refractivity contribution in [2.24, 2.45) is 0 Å². The molecule has 0 spiro atoms. The van der Waals surface area contributed by atoms with Crippen molar-refractivity contribution in [3.63, 3.8) is 0 Å². The summed E-state index contributed by atoms with van der Waals surface area (Å²) in [6, 6.07) is 9.89. The van der Waals surface area contributed by atoms with E-state index in [-0.39, 0.29) is 5.91 Å². The summed E-state index contributed by atoms with van der Waals surface area (Å²) >= 11 is 0. The van der Waals surface area contributed by atoms with Gasteiger partial charge in [0.05, 0.1) is 0 Å². The van der Waals surface area contributed by atoms with Gasteiger partial charge in [-0.2, -0.15) is 0 Å². The maximum absolute atomic E-state index is 11.8. The topological polar surface area (TPSA) is 50.4 Å². The number of benzene rings is 1. The lowest BCUT2D eigenvalue weighted by Gasteiger charge is -2.14. The number of carbonyl (C=O) groups is 1. The zero-order valence-electron chi connectivity index (χ0n) is 12.0. The lowest BCUT2D eigenvalue weighted by molar-refractivity contribution is -0.126. The molecule has 4 heteroatoms. The third-order valence-electron chi connectivity index (χ3n) is 2.65. The fraction of sp³-hybridized carbons (Fsp3) is 0.533. The number of rotatable bonds is 8. The first kappa shape index (κ1) is 15.7. The fourth-order valence-electron chi connectivity index (χ4n) is 1.56. The summed E-state index contributed by atoms with van der Waals surface area (Å²) in [5.41, 5.74) is 0.796. The van der Waals surface area contributed by atoms with Crippen LogP contribution in [0, 0.1) is 0 Å². The standard InChI is InChI=1S/C15H24N2O2/c1-12(2)16-10-7-11-19-13(3)15(18)17-14-8-5-4-6-9-14/h4-6,8-9,12-13,16H,7,10-11H2,1-3H3,(H,17,18). The lowest BCUT2D eigenvalue weighted by Crippen LogP contribution is -2.29. The summed E-state index contributed by atoms with van der Waals surface area (Å²) in [5, 5.41) is 6.13. The van der Waals surface area contributed by atoms with Gasteiger partial charge in [-0.05, 0) is 32.0 Å². The summed E-state index contributed by atoms with van der Waals surface area (Å²) in [7, 11) is 0. The zero-order valence-corrected chi connectivity index (χ0v) is 12.0. The minimum Gasteiger partial charge on any atom is -0.369 e. The molecule has 1 aromatic carbocycles. The second-order valence-electron chi connectivity index (χ2n) is 4.83. The molecule has 0 aliphatic rings. The Hall–Kier alpha value is -1.39.